The first-order chi connectivity index (χ1) is 5.22. The Morgan fingerprint density at radius 1 is 1.55 bits per heavy atom. The summed E-state index contributed by atoms with van der Waals surface area (Å²) in [6, 6.07) is 0. The van der Waals surface area contributed by atoms with E-state index in [1.165, 1.54) is 6.21 Å². The fraction of sp³-hybridized carbons (Fsp3) is 0.667. The Balaban J connectivity index is 3.81. The Kier molecular flexibility index (Phi) is 5.75. The zero-order valence-electron chi connectivity index (χ0n) is 7.65. The molecule has 64 valence electrons. The lowest BCUT2D eigenvalue weighted by molar-refractivity contribution is 0.773. The number of nitrogens with one attached hydrogen (secondary N) is 2. The van der Waals surface area contributed by atoms with Crippen LogP contribution in [-0.4, -0.2) is 19.8 Å². The van der Waals surface area contributed by atoms with Crippen LogP contribution >= 0.6 is 0 Å². The van der Waals surface area contributed by atoms with Gasteiger partial charge in [0.1, 0.15) is 0 Å². The normalized spacial score (nSPS) is 12.2. The number of rotatable bonds is 5. The molecule has 0 rings (SSSR count). The van der Waals surface area contributed by atoms with Gasteiger partial charge in [-0.25, -0.2) is 0 Å². The molecule has 2 nitrogen and oxygen atoms in total. The van der Waals surface area contributed by atoms with Crippen LogP contribution in [0.3, 0.4) is 0 Å². The van der Waals surface area contributed by atoms with Gasteiger partial charge < -0.3 is 10.7 Å². The molecule has 0 saturated carbocycles. The predicted octanol–water partition coefficient (Wildman–Crippen LogP) is 1.83. The number of allylic oxidation sites excluding steroid dienone is 1. The smallest absolute Gasteiger partial charge is 0.0209 e. The molecule has 0 atom stereocenters. The first-order valence-corrected chi connectivity index (χ1v) is 4.07. The molecule has 0 saturated heterocycles. The van der Waals surface area contributed by atoms with E-state index in [0.717, 1.165) is 18.5 Å². The quantitative estimate of drug-likeness (QED) is 0.460. The summed E-state index contributed by atoms with van der Waals surface area (Å²) < 4.78 is 0. The molecule has 2 heteroatoms. The average Bonchev–Trinajstić information content (AvgIpc) is 1.97. The van der Waals surface area contributed by atoms with Crippen molar-refractivity contribution in [2.24, 2.45) is 5.92 Å². The SMILES string of the molecule is CNCC/C=C(\C=N)C(C)C. The molecule has 0 aromatic heterocycles. The van der Waals surface area contributed by atoms with Gasteiger partial charge in [-0.2, -0.15) is 0 Å². The van der Waals surface area contributed by atoms with E-state index >= 15 is 0 Å². The zero-order valence-corrected chi connectivity index (χ0v) is 7.65. The van der Waals surface area contributed by atoms with Crippen LogP contribution in [0.25, 0.3) is 0 Å². The summed E-state index contributed by atoms with van der Waals surface area (Å²) >= 11 is 0. The molecule has 0 aliphatic rings. The maximum absolute atomic E-state index is 7.11. The van der Waals surface area contributed by atoms with Crippen LogP contribution in [0.2, 0.25) is 0 Å². The van der Waals surface area contributed by atoms with Crippen LogP contribution in [0.4, 0.5) is 0 Å². The Hall–Kier alpha value is -0.630. The van der Waals surface area contributed by atoms with Gasteiger partial charge in [-0.05, 0) is 31.5 Å². The van der Waals surface area contributed by atoms with Crippen molar-refractivity contribution in [3.8, 4) is 0 Å². The van der Waals surface area contributed by atoms with Gasteiger partial charge in [0.25, 0.3) is 0 Å². The maximum atomic E-state index is 7.11. The second kappa shape index (κ2) is 6.10. The third kappa shape index (κ3) is 4.73. The van der Waals surface area contributed by atoms with E-state index in [1.807, 2.05) is 7.05 Å². The van der Waals surface area contributed by atoms with Gasteiger partial charge >= 0.3 is 0 Å². The molecule has 0 unspecified atom stereocenters. The van der Waals surface area contributed by atoms with Crippen molar-refractivity contribution in [1.29, 1.82) is 5.41 Å². The Bertz CT molecular complexity index is 136. The van der Waals surface area contributed by atoms with Crippen molar-refractivity contribution in [3.63, 3.8) is 0 Å². The van der Waals surface area contributed by atoms with E-state index in [1.54, 1.807) is 0 Å². The molecule has 0 amide bonds. The van der Waals surface area contributed by atoms with E-state index in [4.69, 9.17) is 5.41 Å². The molecule has 0 aromatic rings. The second-order valence-corrected chi connectivity index (χ2v) is 2.90. The van der Waals surface area contributed by atoms with E-state index in [9.17, 15) is 0 Å². The van der Waals surface area contributed by atoms with Crippen molar-refractivity contribution < 1.29 is 0 Å². The first-order valence-electron chi connectivity index (χ1n) is 4.07. The summed E-state index contributed by atoms with van der Waals surface area (Å²) in [7, 11) is 1.94. The summed E-state index contributed by atoms with van der Waals surface area (Å²) in [5, 5.41) is 10.2. The predicted molar refractivity (Wildman–Crippen MR) is 50.2 cm³/mol. The zero-order chi connectivity index (χ0) is 8.69. The van der Waals surface area contributed by atoms with Gasteiger partial charge in [0, 0.05) is 6.21 Å². The Morgan fingerprint density at radius 2 is 2.18 bits per heavy atom. The minimum Gasteiger partial charge on any atom is -0.319 e. The van der Waals surface area contributed by atoms with E-state index < -0.39 is 0 Å². The highest BCUT2D eigenvalue weighted by molar-refractivity contribution is 5.76. The molecule has 0 spiro atoms. The van der Waals surface area contributed by atoms with Crippen molar-refractivity contribution in [3.05, 3.63) is 11.6 Å². The fourth-order valence-corrected chi connectivity index (χ4v) is 0.844. The maximum Gasteiger partial charge on any atom is 0.0209 e. The van der Waals surface area contributed by atoms with E-state index in [0.29, 0.717) is 5.92 Å². The van der Waals surface area contributed by atoms with Crippen LogP contribution in [0.15, 0.2) is 11.6 Å². The minimum atomic E-state index is 0.476. The van der Waals surface area contributed by atoms with Gasteiger partial charge in [0.15, 0.2) is 0 Å². The lowest BCUT2D eigenvalue weighted by Crippen LogP contribution is -2.07. The summed E-state index contributed by atoms with van der Waals surface area (Å²) in [5.74, 6) is 0.476. The Labute approximate surface area is 69.2 Å². The minimum absolute atomic E-state index is 0.476. The van der Waals surface area contributed by atoms with E-state index in [-0.39, 0.29) is 0 Å². The summed E-state index contributed by atoms with van der Waals surface area (Å²) in [6.07, 6.45) is 4.58. The van der Waals surface area contributed by atoms with Crippen LogP contribution in [0, 0.1) is 11.3 Å². The average molecular weight is 154 g/mol. The van der Waals surface area contributed by atoms with Crippen molar-refractivity contribution in [2.75, 3.05) is 13.6 Å². The molecule has 0 aliphatic carbocycles. The lowest BCUT2D eigenvalue weighted by Gasteiger charge is -2.04. The third-order valence-electron chi connectivity index (χ3n) is 1.61. The number of hydrogen-bond acceptors (Lipinski definition) is 2. The van der Waals surface area contributed by atoms with Crippen molar-refractivity contribution in [2.45, 2.75) is 20.3 Å². The summed E-state index contributed by atoms with van der Waals surface area (Å²) in [5.41, 5.74) is 1.13. The standard InChI is InChI=1S/C9H18N2/c1-8(2)9(7-10)5-4-6-11-3/h5,7-8,10-11H,4,6H2,1-3H3/b9-5+,10-7?. The monoisotopic (exact) mass is 154 g/mol. The van der Waals surface area contributed by atoms with Crippen LogP contribution < -0.4 is 5.32 Å². The summed E-state index contributed by atoms with van der Waals surface area (Å²) in [4.78, 5) is 0. The van der Waals surface area contributed by atoms with E-state index in [2.05, 4.69) is 25.2 Å². The molecule has 2 N–H and O–H groups in total. The van der Waals surface area contributed by atoms with Gasteiger partial charge in [-0.3, -0.25) is 0 Å². The van der Waals surface area contributed by atoms with Crippen LogP contribution in [0.5, 0.6) is 0 Å². The second-order valence-electron chi connectivity index (χ2n) is 2.90. The van der Waals surface area contributed by atoms with Crippen LogP contribution in [0.1, 0.15) is 20.3 Å². The Morgan fingerprint density at radius 3 is 2.55 bits per heavy atom. The van der Waals surface area contributed by atoms with Gasteiger partial charge in [0.05, 0.1) is 0 Å². The van der Waals surface area contributed by atoms with Crippen molar-refractivity contribution >= 4 is 6.21 Å². The molecular weight excluding hydrogens is 136 g/mol. The fourth-order valence-electron chi connectivity index (χ4n) is 0.844. The molecule has 0 aromatic carbocycles. The molecule has 11 heavy (non-hydrogen) atoms. The van der Waals surface area contributed by atoms with Gasteiger partial charge in [-0.1, -0.05) is 19.9 Å². The summed E-state index contributed by atoms with van der Waals surface area (Å²) in [6.45, 7) is 5.20. The highest BCUT2D eigenvalue weighted by atomic mass is 14.8. The van der Waals surface area contributed by atoms with Gasteiger partial charge in [-0.15, -0.1) is 0 Å². The molecule has 0 radical (unpaired) electrons. The van der Waals surface area contributed by atoms with Gasteiger partial charge in [0.2, 0.25) is 0 Å². The largest absolute Gasteiger partial charge is 0.319 e. The lowest BCUT2D eigenvalue weighted by atomic mass is 10.0. The van der Waals surface area contributed by atoms with Crippen LogP contribution in [-0.2, 0) is 0 Å². The molecular formula is C9H18N2. The third-order valence-corrected chi connectivity index (χ3v) is 1.61. The molecule has 0 fully saturated rings. The topological polar surface area (TPSA) is 35.9 Å². The highest BCUT2D eigenvalue weighted by Gasteiger charge is 1.97. The highest BCUT2D eigenvalue weighted by Crippen LogP contribution is 2.06. The number of hydrogen-bond donors (Lipinski definition) is 2. The first kappa shape index (κ1) is 10.4. The van der Waals surface area contributed by atoms with Crippen molar-refractivity contribution in [1.82, 2.24) is 5.32 Å². The molecule has 0 heterocycles. The molecule has 0 aliphatic heterocycles. The molecule has 0 bridgehead atoms.